The molecule has 0 fully saturated rings. The number of Topliss-reactive ketones (excluding diaryl/α,β-unsaturated/α-hetero) is 1. The Morgan fingerprint density at radius 2 is 2.00 bits per heavy atom. The molecule has 1 aromatic carbocycles. The third-order valence-electron chi connectivity index (χ3n) is 3.57. The van der Waals surface area contributed by atoms with E-state index in [1.165, 1.54) is 29.5 Å². The number of alkyl halides is 1. The van der Waals surface area contributed by atoms with Gasteiger partial charge < -0.3 is 4.74 Å². The first kappa shape index (κ1) is 13.4. The van der Waals surface area contributed by atoms with Gasteiger partial charge in [-0.25, -0.2) is 0 Å². The van der Waals surface area contributed by atoms with Crippen molar-refractivity contribution in [1.29, 1.82) is 0 Å². The van der Waals surface area contributed by atoms with Crippen LogP contribution in [0.5, 0.6) is 5.75 Å². The second-order valence-corrected chi connectivity index (χ2v) is 5.12. The number of hydrogen-bond acceptors (Lipinski definition) is 2. The molecule has 3 heteroatoms. The summed E-state index contributed by atoms with van der Waals surface area (Å²) >= 11 is 5.61. The van der Waals surface area contributed by atoms with Gasteiger partial charge in [-0.05, 0) is 48.4 Å². The number of ketones is 1. The van der Waals surface area contributed by atoms with Crippen LogP contribution < -0.4 is 4.74 Å². The van der Waals surface area contributed by atoms with Crippen LogP contribution in [0.3, 0.4) is 0 Å². The molecule has 0 atom stereocenters. The van der Waals surface area contributed by atoms with Crippen molar-refractivity contribution in [3.05, 3.63) is 28.8 Å². The Morgan fingerprint density at radius 1 is 1.28 bits per heavy atom. The number of ether oxygens (including phenoxy) is 1. The number of hydrogen-bond donors (Lipinski definition) is 0. The average Bonchev–Trinajstić information content (AvgIpc) is 2.39. The molecular formula is C15H19ClO2. The molecule has 0 unspecified atom stereocenters. The summed E-state index contributed by atoms with van der Waals surface area (Å²) in [5.41, 5.74) is 3.81. The second kappa shape index (κ2) is 6.24. The number of benzene rings is 1. The van der Waals surface area contributed by atoms with E-state index in [2.05, 4.69) is 0 Å². The summed E-state index contributed by atoms with van der Waals surface area (Å²) in [6, 6.07) is 4.03. The first-order valence-corrected chi connectivity index (χ1v) is 7.05. The molecular weight excluding hydrogens is 248 g/mol. The van der Waals surface area contributed by atoms with Gasteiger partial charge in [0.05, 0.1) is 7.11 Å². The van der Waals surface area contributed by atoms with Gasteiger partial charge in [-0.3, -0.25) is 4.79 Å². The van der Waals surface area contributed by atoms with Gasteiger partial charge in [0, 0.05) is 18.7 Å². The number of methoxy groups -OCH3 is 1. The lowest BCUT2D eigenvalue weighted by atomic mass is 9.86. The molecule has 1 aliphatic rings. The zero-order chi connectivity index (χ0) is 13.0. The van der Waals surface area contributed by atoms with Gasteiger partial charge in [-0.1, -0.05) is 6.07 Å². The zero-order valence-electron chi connectivity index (χ0n) is 10.8. The van der Waals surface area contributed by atoms with Crippen LogP contribution in [0.4, 0.5) is 0 Å². The molecule has 0 amide bonds. The van der Waals surface area contributed by atoms with Gasteiger partial charge in [0.1, 0.15) is 11.5 Å². The molecule has 0 saturated carbocycles. The Labute approximate surface area is 113 Å². The molecule has 2 nitrogen and oxygen atoms in total. The van der Waals surface area contributed by atoms with Crippen molar-refractivity contribution >= 4 is 17.4 Å². The van der Waals surface area contributed by atoms with Crippen LogP contribution in [0.25, 0.3) is 0 Å². The van der Waals surface area contributed by atoms with E-state index in [1.807, 2.05) is 12.1 Å². The Kier molecular flexibility index (Phi) is 4.65. The summed E-state index contributed by atoms with van der Waals surface area (Å²) < 4.78 is 5.41. The number of carbonyl (C=O) groups excluding carboxylic acids is 1. The van der Waals surface area contributed by atoms with E-state index < -0.39 is 0 Å². The summed E-state index contributed by atoms with van der Waals surface area (Å²) in [5.74, 6) is 1.61. The molecule has 0 aromatic heterocycles. The standard InChI is InChI=1S/C15H19ClO2/c1-18-15-7-6-11(10-12(17)8-9-16)13-4-2-3-5-14(13)15/h6-7H,2-5,8-10H2,1H3. The van der Waals surface area contributed by atoms with Gasteiger partial charge in [0.15, 0.2) is 0 Å². The van der Waals surface area contributed by atoms with Crippen molar-refractivity contribution in [3.8, 4) is 5.75 Å². The summed E-state index contributed by atoms with van der Waals surface area (Å²) in [6.45, 7) is 0. The average molecular weight is 267 g/mol. The highest BCUT2D eigenvalue weighted by Crippen LogP contribution is 2.32. The molecule has 0 radical (unpaired) electrons. The predicted octanol–water partition coefficient (Wildman–Crippen LogP) is 3.31. The molecule has 0 saturated heterocycles. The monoisotopic (exact) mass is 266 g/mol. The number of fused-ring (bicyclic) bond motifs is 1. The Balaban J connectivity index is 2.28. The highest BCUT2D eigenvalue weighted by Gasteiger charge is 2.18. The Bertz CT molecular complexity index is 440. The Morgan fingerprint density at radius 3 is 2.67 bits per heavy atom. The van der Waals surface area contributed by atoms with Crippen LogP contribution in [0, 0.1) is 0 Å². The van der Waals surface area contributed by atoms with Gasteiger partial charge in [-0.2, -0.15) is 0 Å². The number of rotatable bonds is 5. The van der Waals surface area contributed by atoms with Crippen LogP contribution in [0.1, 0.15) is 36.0 Å². The van der Waals surface area contributed by atoms with E-state index >= 15 is 0 Å². The molecule has 0 heterocycles. The van der Waals surface area contributed by atoms with Crippen molar-refractivity contribution in [2.24, 2.45) is 0 Å². The van der Waals surface area contributed by atoms with Gasteiger partial charge in [0.25, 0.3) is 0 Å². The number of carbonyl (C=O) groups is 1. The largest absolute Gasteiger partial charge is 0.496 e. The second-order valence-electron chi connectivity index (χ2n) is 4.75. The maximum absolute atomic E-state index is 11.7. The molecule has 98 valence electrons. The summed E-state index contributed by atoms with van der Waals surface area (Å²) in [4.78, 5) is 11.7. The third kappa shape index (κ3) is 2.86. The molecule has 0 N–H and O–H groups in total. The minimum absolute atomic E-state index is 0.225. The lowest BCUT2D eigenvalue weighted by molar-refractivity contribution is -0.118. The molecule has 2 rings (SSSR count). The van der Waals surface area contributed by atoms with Gasteiger partial charge in [-0.15, -0.1) is 11.6 Å². The normalized spacial score (nSPS) is 14.1. The smallest absolute Gasteiger partial charge is 0.138 e. The first-order valence-electron chi connectivity index (χ1n) is 6.51. The fraction of sp³-hybridized carbons (Fsp3) is 0.533. The topological polar surface area (TPSA) is 26.3 Å². The van der Waals surface area contributed by atoms with Crippen LogP contribution in [-0.4, -0.2) is 18.8 Å². The van der Waals surface area contributed by atoms with Crippen LogP contribution >= 0.6 is 11.6 Å². The van der Waals surface area contributed by atoms with Crippen molar-refractivity contribution in [1.82, 2.24) is 0 Å². The van der Waals surface area contributed by atoms with Crippen LogP contribution in [0.15, 0.2) is 12.1 Å². The fourth-order valence-corrected chi connectivity index (χ4v) is 2.88. The highest BCUT2D eigenvalue weighted by atomic mass is 35.5. The third-order valence-corrected chi connectivity index (χ3v) is 3.76. The first-order chi connectivity index (χ1) is 8.76. The van der Waals surface area contributed by atoms with Crippen molar-refractivity contribution in [2.45, 2.75) is 38.5 Å². The summed E-state index contributed by atoms with van der Waals surface area (Å²) in [6.07, 6.45) is 5.52. The van der Waals surface area contributed by atoms with Gasteiger partial charge in [0.2, 0.25) is 0 Å². The van der Waals surface area contributed by atoms with Crippen molar-refractivity contribution in [2.75, 3.05) is 13.0 Å². The molecule has 18 heavy (non-hydrogen) atoms. The lowest BCUT2D eigenvalue weighted by Gasteiger charge is -2.21. The molecule has 0 spiro atoms. The summed E-state index contributed by atoms with van der Waals surface area (Å²) in [7, 11) is 1.71. The molecule has 0 aliphatic heterocycles. The van der Waals surface area contributed by atoms with Crippen molar-refractivity contribution < 1.29 is 9.53 Å². The molecule has 0 bridgehead atoms. The zero-order valence-corrected chi connectivity index (χ0v) is 11.6. The highest BCUT2D eigenvalue weighted by molar-refractivity contribution is 6.19. The van der Waals surface area contributed by atoms with E-state index in [4.69, 9.17) is 16.3 Å². The van der Waals surface area contributed by atoms with E-state index in [0.717, 1.165) is 18.6 Å². The summed E-state index contributed by atoms with van der Waals surface area (Å²) in [5, 5.41) is 0. The minimum Gasteiger partial charge on any atom is -0.496 e. The van der Waals surface area contributed by atoms with Crippen LogP contribution in [-0.2, 0) is 24.1 Å². The maximum atomic E-state index is 11.7. The fourth-order valence-electron chi connectivity index (χ4n) is 2.67. The quantitative estimate of drug-likeness (QED) is 0.765. The van der Waals surface area contributed by atoms with Crippen LogP contribution in [0.2, 0.25) is 0 Å². The minimum atomic E-state index is 0.225. The van der Waals surface area contributed by atoms with E-state index in [0.29, 0.717) is 18.7 Å². The maximum Gasteiger partial charge on any atom is 0.138 e. The Hall–Kier alpha value is -1.02. The van der Waals surface area contributed by atoms with Gasteiger partial charge >= 0.3 is 0 Å². The lowest BCUT2D eigenvalue weighted by Crippen LogP contribution is -2.12. The number of halogens is 1. The SMILES string of the molecule is COc1ccc(CC(=O)CCCl)c2c1CCCC2. The van der Waals surface area contributed by atoms with E-state index in [1.54, 1.807) is 7.11 Å². The molecule has 1 aromatic rings. The van der Waals surface area contributed by atoms with E-state index in [-0.39, 0.29) is 5.78 Å². The molecule has 1 aliphatic carbocycles. The predicted molar refractivity (Wildman–Crippen MR) is 73.7 cm³/mol. The van der Waals surface area contributed by atoms with E-state index in [9.17, 15) is 4.79 Å². The van der Waals surface area contributed by atoms with Crippen molar-refractivity contribution in [3.63, 3.8) is 0 Å².